The summed E-state index contributed by atoms with van der Waals surface area (Å²) in [5.74, 6) is 0. The largest absolute Gasteiger partial charge is 0.390 e. The number of fused-ring (bicyclic) bond motifs is 2. The molecule has 0 bridgehead atoms. The van der Waals surface area contributed by atoms with Gasteiger partial charge in [-0.2, -0.15) is 5.10 Å². The zero-order valence-corrected chi connectivity index (χ0v) is 18.2. The van der Waals surface area contributed by atoms with Crippen LogP contribution in [0.4, 0.5) is 5.69 Å². The molecular formula is C22H27ClN6O. The predicted molar refractivity (Wildman–Crippen MR) is 117 cm³/mol. The molecule has 0 radical (unpaired) electrons. The van der Waals surface area contributed by atoms with Crippen molar-refractivity contribution in [3.05, 3.63) is 34.5 Å². The van der Waals surface area contributed by atoms with Crippen molar-refractivity contribution < 1.29 is 5.11 Å². The Kier molecular flexibility index (Phi) is 4.90. The lowest BCUT2D eigenvalue weighted by Gasteiger charge is -2.33. The van der Waals surface area contributed by atoms with Crippen molar-refractivity contribution in [1.29, 1.82) is 0 Å². The fourth-order valence-electron chi connectivity index (χ4n) is 4.60. The first-order valence-corrected chi connectivity index (χ1v) is 11.2. The summed E-state index contributed by atoms with van der Waals surface area (Å²) in [4.78, 5) is 14.6. The first kappa shape index (κ1) is 19.7. The second kappa shape index (κ2) is 7.46. The quantitative estimate of drug-likeness (QED) is 0.654. The number of nitrogens with zero attached hydrogens (tertiary/aromatic N) is 5. The summed E-state index contributed by atoms with van der Waals surface area (Å²) in [5.41, 5.74) is 5.72. The van der Waals surface area contributed by atoms with E-state index in [-0.39, 0.29) is 6.04 Å². The number of aromatic nitrogens is 5. The third kappa shape index (κ3) is 3.76. The molecule has 0 saturated heterocycles. The van der Waals surface area contributed by atoms with E-state index in [9.17, 15) is 5.11 Å². The molecule has 1 fully saturated rings. The highest BCUT2D eigenvalue weighted by atomic mass is 35.5. The van der Waals surface area contributed by atoms with E-state index in [2.05, 4.69) is 10.4 Å². The van der Waals surface area contributed by atoms with Crippen molar-refractivity contribution in [2.24, 2.45) is 0 Å². The lowest BCUT2D eigenvalue weighted by atomic mass is 9.83. The molecule has 7 nitrogen and oxygen atoms in total. The van der Waals surface area contributed by atoms with Crippen LogP contribution in [0, 0.1) is 6.92 Å². The Morgan fingerprint density at radius 1 is 1.13 bits per heavy atom. The Morgan fingerprint density at radius 2 is 1.83 bits per heavy atom. The third-order valence-corrected chi connectivity index (χ3v) is 6.55. The molecule has 30 heavy (non-hydrogen) atoms. The van der Waals surface area contributed by atoms with Gasteiger partial charge in [0.1, 0.15) is 11.4 Å². The average molecular weight is 427 g/mol. The summed E-state index contributed by atoms with van der Waals surface area (Å²) in [6.45, 7) is 3.91. The maximum Gasteiger partial charge on any atom is 0.177 e. The summed E-state index contributed by atoms with van der Waals surface area (Å²) in [6, 6.07) is 2.10. The van der Waals surface area contributed by atoms with Crippen LogP contribution in [-0.2, 0) is 12.8 Å². The van der Waals surface area contributed by atoms with Gasteiger partial charge in [-0.3, -0.25) is 4.98 Å². The maximum atomic E-state index is 10.2. The van der Waals surface area contributed by atoms with E-state index in [1.807, 2.05) is 26.1 Å². The minimum atomic E-state index is -0.563. The number of anilines is 1. The molecule has 1 saturated carbocycles. The average Bonchev–Trinajstić information content (AvgIpc) is 3.13. The summed E-state index contributed by atoms with van der Waals surface area (Å²) in [5, 5.41) is 18.6. The van der Waals surface area contributed by atoms with Gasteiger partial charge in [0.2, 0.25) is 0 Å². The van der Waals surface area contributed by atoms with Gasteiger partial charge in [0.25, 0.3) is 0 Å². The Balaban J connectivity index is 1.50. The molecule has 2 N–H and O–H groups in total. The van der Waals surface area contributed by atoms with Crippen LogP contribution in [0.15, 0.2) is 12.3 Å². The molecule has 0 spiro atoms. The molecule has 158 valence electrons. The smallest absolute Gasteiger partial charge is 0.177 e. The van der Waals surface area contributed by atoms with Gasteiger partial charge in [0, 0.05) is 12.1 Å². The van der Waals surface area contributed by atoms with Crippen LogP contribution in [0.2, 0.25) is 5.15 Å². The number of rotatable bonds is 3. The first-order valence-electron chi connectivity index (χ1n) is 10.8. The molecule has 3 heterocycles. The monoisotopic (exact) mass is 426 g/mol. The van der Waals surface area contributed by atoms with Crippen LogP contribution in [-0.4, -0.2) is 41.3 Å². The molecule has 2 aliphatic carbocycles. The number of hydrogen-bond donors (Lipinski definition) is 2. The zero-order valence-electron chi connectivity index (χ0n) is 17.5. The van der Waals surface area contributed by atoms with Gasteiger partial charge < -0.3 is 10.4 Å². The topological polar surface area (TPSA) is 88.2 Å². The van der Waals surface area contributed by atoms with E-state index in [4.69, 9.17) is 26.6 Å². The summed E-state index contributed by atoms with van der Waals surface area (Å²) in [6.07, 6.45) is 9.58. The SMILES string of the molecule is Cc1nc2c(nc1-c1cn3nc(Cl)cc(NC4CCC(C)(O)CC4)c3n1)CCCC2. The van der Waals surface area contributed by atoms with E-state index in [0.29, 0.717) is 5.15 Å². The minimum Gasteiger partial charge on any atom is -0.390 e. The molecule has 0 atom stereocenters. The van der Waals surface area contributed by atoms with Crippen molar-refractivity contribution in [1.82, 2.24) is 24.6 Å². The molecule has 0 amide bonds. The number of halogens is 1. The highest BCUT2D eigenvalue weighted by molar-refractivity contribution is 6.29. The fraction of sp³-hybridized carbons (Fsp3) is 0.545. The Labute approximate surface area is 180 Å². The van der Waals surface area contributed by atoms with Crippen LogP contribution in [0.25, 0.3) is 17.0 Å². The number of imidazole rings is 1. The van der Waals surface area contributed by atoms with Crippen LogP contribution < -0.4 is 5.32 Å². The van der Waals surface area contributed by atoms with Gasteiger partial charge >= 0.3 is 0 Å². The van der Waals surface area contributed by atoms with Gasteiger partial charge in [0.15, 0.2) is 10.8 Å². The van der Waals surface area contributed by atoms with Gasteiger partial charge in [0.05, 0.1) is 34.6 Å². The molecule has 0 aromatic carbocycles. The molecule has 3 aromatic heterocycles. The van der Waals surface area contributed by atoms with Gasteiger partial charge in [-0.1, -0.05) is 11.6 Å². The molecule has 2 aliphatic rings. The van der Waals surface area contributed by atoms with Gasteiger partial charge in [-0.25, -0.2) is 14.5 Å². The lowest BCUT2D eigenvalue weighted by molar-refractivity contribution is 0.0196. The second-order valence-corrected chi connectivity index (χ2v) is 9.34. The predicted octanol–water partition coefficient (Wildman–Crippen LogP) is 4.13. The fourth-order valence-corrected chi connectivity index (χ4v) is 4.79. The molecule has 5 rings (SSSR count). The van der Waals surface area contributed by atoms with Crippen molar-refractivity contribution in [2.45, 2.75) is 76.9 Å². The molecule has 0 unspecified atom stereocenters. The number of aryl methyl sites for hydroxylation is 3. The second-order valence-electron chi connectivity index (χ2n) is 8.95. The highest BCUT2D eigenvalue weighted by Gasteiger charge is 2.29. The molecular weight excluding hydrogens is 400 g/mol. The van der Waals surface area contributed by atoms with Crippen LogP contribution in [0.5, 0.6) is 0 Å². The summed E-state index contributed by atoms with van der Waals surface area (Å²) >= 11 is 6.30. The Bertz CT molecular complexity index is 1100. The first-order chi connectivity index (χ1) is 14.4. The molecule has 0 aliphatic heterocycles. The summed E-state index contributed by atoms with van der Waals surface area (Å²) in [7, 11) is 0. The van der Waals surface area contributed by atoms with Crippen LogP contribution >= 0.6 is 11.6 Å². The molecule has 3 aromatic rings. The normalized spacial score (nSPS) is 24.1. The Morgan fingerprint density at radius 3 is 2.57 bits per heavy atom. The van der Waals surface area contributed by atoms with E-state index in [0.717, 1.165) is 84.7 Å². The maximum absolute atomic E-state index is 10.2. The Hall–Kier alpha value is -2.25. The van der Waals surface area contributed by atoms with Gasteiger partial charge in [-0.15, -0.1) is 0 Å². The van der Waals surface area contributed by atoms with Crippen molar-refractivity contribution >= 4 is 22.9 Å². The standard InChI is InChI=1S/C22H27ClN6O/c1-13-20(26-16-6-4-3-5-15(16)24-13)18-12-29-21(27-18)17(11-19(23)28-29)25-14-7-9-22(2,30)10-8-14/h11-12,14,25,30H,3-10H2,1-2H3. The lowest BCUT2D eigenvalue weighted by Crippen LogP contribution is -2.35. The minimum absolute atomic E-state index is 0.276. The van der Waals surface area contributed by atoms with E-state index >= 15 is 0 Å². The van der Waals surface area contributed by atoms with Crippen molar-refractivity contribution in [3.63, 3.8) is 0 Å². The van der Waals surface area contributed by atoms with Crippen LogP contribution in [0.3, 0.4) is 0 Å². The third-order valence-electron chi connectivity index (χ3n) is 6.36. The van der Waals surface area contributed by atoms with Gasteiger partial charge in [-0.05, 0) is 65.2 Å². The van der Waals surface area contributed by atoms with E-state index < -0.39 is 5.60 Å². The zero-order chi connectivity index (χ0) is 20.9. The number of aliphatic hydroxyl groups is 1. The van der Waals surface area contributed by atoms with Crippen molar-refractivity contribution in [3.8, 4) is 11.4 Å². The van der Waals surface area contributed by atoms with Crippen molar-refractivity contribution in [2.75, 3.05) is 5.32 Å². The highest BCUT2D eigenvalue weighted by Crippen LogP contribution is 2.32. The number of nitrogens with one attached hydrogen (secondary N) is 1. The van der Waals surface area contributed by atoms with E-state index in [1.54, 1.807) is 4.52 Å². The summed E-state index contributed by atoms with van der Waals surface area (Å²) < 4.78 is 1.72. The van der Waals surface area contributed by atoms with Crippen LogP contribution in [0.1, 0.15) is 62.5 Å². The number of hydrogen-bond acceptors (Lipinski definition) is 6. The van der Waals surface area contributed by atoms with E-state index in [1.165, 1.54) is 6.42 Å². The molecule has 8 heteroatoms.